The predicted molar refractivity (Wildman–Crippen MR) is 156 cm³/mol. The van der Waals surface area contributed by atoms with Crippen LogP contribution in [0.4, 0.5) is 4.39 Å². The molecule has 4 rings (SSSR count). The van der Waals surface area contributed by atoms with E-state index in [1.54, 1.807) is 19.9 Å². The first kappa shape index (κ1) is 32.6. The third kappa shape index (κ3) is 5.20. The second kappa shape index (κ2) is 12.3. The van der Waals surface area contributed by atoms with Gasteiger partial charge in [-0.1, -0.05) is 65.0 Å². The molecule has 3 saturated carbocycles. The largest absolute Gasteiger partial charge is 0.459 e. The molecule has 4 aliphatic rings. The quantitative estimate of drug-likeness (QED) is 0.215. The van der Waals surface area contributed by atoms with Crippen molar-refractivity contribution in [3.05, 3.63) is 23.8 Å². The smallest absolute Gasteiger partial charge is 0.306 e. The number of ketones is 2. The molecule has 42 heavy (non-hydrogen) atoms. The van der Waals surface area contributed by atoms with Crippen molar-refractivity contribution in [2.24, 2.45) is 28.6 Å². The summed E-state index contributed by atoms with van der Waals surface area (Å²) < 4.78 is 29.5. The number of Topliss-reactive ketones (excluding diaryl/α,β-unsaturated/α-hetero) is 1. The third-order valence-corrected chi connectivity index (χ3v) is 11.2. The minimum atomic E-state index is -2.03. The summed E-state index contributed by atoms with van der Waals surface area (Å²) in [4.78, 5) is 51.4. The average Bonchev–Trinajstić information content (AvgIpc) is 3.14. The molecule has 0 aromatic carbocycles. The number of unbranched alkanes of at least 4 members (excludes halogenated alkanes) is 4. The zero-order valence-electron chi connectivity index (χ0n) is 26.0. The van der Waals surface area contributed by atoms with Gasteiger partial charge in [0.2, 0.25) is 5.78 Å². The number of carbonyl (C=O) groups is 4. The molecular formula is C34H49FO7. The lowest BCUT2D eigenvalue weighted by Crippen LogP contribution is -2.70. The Bertz CT molecular complexity index is 1140. The molecule has 0 bridgehead atoms. The van der Waals surface area contributed by atoms with E-state index in [-0.39, 0.29) is 31.0 Å². The lowest BCUT2D eigenvalue weighted by atomic mass is 9.44. The fraction of sp³-hybridized carbons (Fsp3) is 0.765. The van der Waals surface area contributed by atoms with Crippen LogP contribution in [0.5, 0.6) is 0 Å². The number of halogens is 1. The molecule has 4 aliphatic carbocycles. The lowest BCUT2D eigenvalue weighted by Gasteiger charge is -2.63. The molecule has 0 aromatic rings. The molecule has 7 nitrogen and oxygen atoms in total. The summed E-state index contributed by atoms with van der Waals surface area (Å²) in [5, 5.41) is 12.3. The van der Waals surface area contributed by atoms with E-state index < -0.39 is 64.4 Å². The Hall–Kier alpha value is -2.35. The highest BCUT2D eigenvalue weighted by molar-refractivity contribution is 6.01. The molecule has 0 aromatic heterocycles. The molecule has 0 amide bonds. The van der Waals surface area contributed by atoms with E-state index in [9.17, 15) is 24.3 Å². The van der Waals surface area contributed by atoms with Gasteiger partial charge in [0.05, 0.1) is 0 Å². The fourth-order valence-electron chi connectivity index (χ4n) is 8.82. The molecule has 0 aliphatic heterocycles. The van der Waals surface area contributed by atoms with Gasteiger partial charge in [-0.05, 0) is 69.4 Å². The van der Waals surface area contributed by atoms with Gasteiger partial charge in [-0.15, -0.1) is 0 Å². The number of hydrogen-bond donors (Lipinski definition) is 1. The Kier molecular flexibility index (Phi) is 9.56. The van der Waals surface area contributed by atoms with E-state index in [1.807, 2.05) is 20.8 Å². The first-order valence-corrected chi connectivity index (χ1v) is 16.0. The van der Waals surface area contributed by atoms with Gasteiger partial charge in [0.25, 0.3) is 0 Å². The van der Waals surface area contributed by atoms with Gasteiger partial charge in [-0.25, -0.2) is 4.39 Å². The van der Waals surface area contributed by atoms with Gasteiger partial charge in [-0.2, -0.15) is 0 Å². The van der Waals surface area contributed by atoms with Crippen molar-refractivity contribution in [3.63, 3.8) is 0 Å². The molecule has 3 fully saturated rings. The van der Waals surface area contributed by atoms with E-state index in [2.05, 4.69) is 0 Å². The van der Waals surface area contributed by atoms with Crippen molar-refractivity contribution in [3.8, 4) is 0 Å². The van der Waals surface area contributed by atoms with Crippen LogP contribution in [0.2, 0.25) is 0 Å². The maximum Gasteiger partial charge on any atom is 0.306 e. The summed E-state index contributed by atoms with van der Waals surface area (Å²) in [5.74, 6) is -3.27. The maximum atomic E-state index is 18.2. The van der Waals surface area contributed by atoms with Crippen LogP contribution in [-0.4, -0.2) is 52.6 Å². The highest BCUT2D eigenvalue weighted by Crippen LogP contribution is 2.71. The highest BCUT2D eigenvalue weighted by atomic mass is 19.1. The van der Waals surface area contributed by atoms with Crippen LogP contribution < -0.4 is 0 Å². The van der Waals surface area contributed by atoms with Gasteiger partial charge in [0.15, 0.2) is 18.1 Å². The fourth-order valence-corrected chi connectivity index (χ4v) is 8.82. The Morgan fingerprint density at radius 1 is 1.02 bits per heavy atom. The normalized spacial score (nSPS) is 38.6. The standard InChI is InChI=1S/C34H49FO7/c1-6-8-10-12-29(38)41-21-27(37)34(40)22(3)18-26-25-15-14-23-19-24(36)16-17-31(23,4)33(25,35)28(20-32(26,34)5)42-30(39)13-11-9-7-2/h16-17,19,22,25-26,28,40H,6-15,18,20-21H2,1-5H3/t22-,25+,26+,28-,31+,32+,33+,34+/m1/s1. The highest BCUT2D eigenvalue weighted by Gasteiger charge is 2.76. The van der Waals surface area contributed by atoms with Crippen LogP contribution in [0, 0.1) is 28.6 Å². The van der Waals surface area contributed by atoms with Crippen molar-refractivity contribution in [1.29, 1.82) is 0 Å². The van der Waals surface area contributed by atoms with Crippen LogP contribution >= 0.6 is 0 Å². The van der Waals surface area contributed by atoms with Crippen molar-refractivity contribution < 1.29 is 38.1 Å². The van der Waals surface area contributed by atoms with Gasteiger partial charge in [0, 0.05) is 29.6 Å². The van der Waals surface area contributed by atoms with Crippen LogP contribution in [0.1, 0.15) is 112 Å². The Morgan fingerprint density at radius 2 is 1.67 bits per heavy atom. The number of esters is 2. The molecule has 0 saturated heterocycles. The number of alkyl halides is 1. The topological polar surface area (TPSA) is 107 Å². The summed E-state index contributed by atoms with van der Waals surface area (Å²) in [6.45, 7) is 8.91. The average molecular weight is 589 g/mol. The van der Waals surface area contributed by atoms with E-state index in [0.29, 0.717) is 37.7 Å². The Labute approximate surface area is 249 Å². The number of allylic oxidation sites excluding steroid dienone is 4. The van der Waals surface area contributed by atoms with Gasteiger partial charge in [0.1, 0.15) is 11.7 Å². The Balaban J connectivity index is 1.68. The summed E-state index contributed by atoms with van der Waals surface area (Å²) in [7, 11) is 0. The third-order valence-electron chi connectivity index (χ3n) is 11.2. The number of carbonyl (C=O) groups excluding carboxylic acids is 4. The first-order valence-electron chi connectivity index (χ1n) is 16.0. The molecule has 1 N–H and O–H groups in total. The minimum absolute atomic E-state index is 0.0497. The van der Waals surface area contributed by atoms with Crippen LogP contribution in [0.25, 0.3) is 0 Å². The number of fused-ring (bicyclic) bond motifs is 5. The minimum Gasteiger partial charge on any atom is -0.459 e. The molecule has 234 valence electrons. The molecule has 0 heterocycles. The molecule has 0 spiro atoms. The van der Waals surface area contributed by atoms with Crippen LogP contribution in [0.3, 0.4) is 0 Å². The van der Waals surface area contributed by atoms with Crippen molar-refractivity contribution in [2.45, 2.75) is 129 Å². The van der Waals surface area contributed by atoms with Gasteiger partial charge in [-0.3, -0.25) is 19.2 Å². The van der Waals surface area contributed by atoms with Crippen molar-refractivity contribution >= 4 is 23.5 Å². The first-order chi connectivity index (χ1) is 19.8. The lowest BCUT2D eigenvalue weighted by molar-refractivity contribution is -0.230. The van der Waals surface area contributed by atoms with Crippen LogP contribution in [-0.2, 0) is 28.7 Å². The van der Waals surface area contributed by atoms with E-state index in [1.165, 1.54) is 12.2 Å². The van der Waals surface area contributed by atoms with E-state index >= 15 is 4.39 Å². The summed E-state index contributed by atoms with van der Waals surface area (Å²) in [5.41, 5.74) is -5.50. The van der Waals surface area contributed by atoms with Crippen LogP contribution in [0.15, 0.2) is 23.8 Å². The maximum absolute atomic E-state index is 18.2. The SMILES string of the molecule is CCCCCC(=O)OCC(=O)[C@@]1(O)[C@H](C)C[C@H]2[C@@H]3CCC4=CC(=O)C=C[C@]4(C)[C@@]3(F)[C@H](OC(=O)CCCCC)C[C@@]21C. The van der Waals surface area contributed by atoms with Gasteiger partial charge >= 0.3 is 11.9 Å². The molecule has 0 unspecified atom stereocenters. The predicted octanol–water partition coefficient (Wildman–Crippen LogP) is 6.16. The van der Waals surface area contributed by atoms with E-state index in [4.69, 9.17) is 9.47 Å². The van der Waals surface area contributed by atoms with Crippen molar-refractivity contribution in [2.75, 3.05) is 6.61 Å². The second-order valence-corrected chi connectivity index (χ2v) is 13.6. The second-order valence-electron chi connectivity index (χ2n) is 13.6. The Morgan fingerprint density at radius 3 is 2.31 bits per heavy atom. The number of ether oxygens (including phenoxy) is 2. The zero-order valence-corrected chi connectivity index (χ0v) is 26.0. The summed E-state index contributed by atoms with van der Waals surface area (Å²) in [6, 6.07) is 0. The number of rotatable bonds is 12. The zero-order chi connectivity index (χ0) is 30.9. The summed E-state index contributed by atoms with van der Waals surface area (Å²) >= 11 is 0. The molecule has 0 radical (unpaired) electrons. The molecular weight excluding hydrogens is 539 g/mol. The summed E-state index contributed by atoms with van der Waals surface area (Å²) in [6.07, 6.45) is 9.86. The van der Waals surface area contributed by atoms with E-state index in [0.717, 1.165) is 25.7 Å². The van der Waals surface area contributed by atoms with Gasteiger partial charge < -0.3 is 14.6 Å². The molecule has 8 atom stereocenters. The number of hydrogen-bond acceptors (Lipinski definition) is 7. The monoisotopic (exact) mass is 588 g/mol. The molecule has 8 heteroatoms. The van der Waals surface area contributed by atoms with Crippen molar-refractivity contribution in [1.82, 2.24) is 0 Å². The number of aliphatic hydroxyl groups is 1.